The Morgan fingerprint density at radius 3 is 2.37 bits per heavy atom. The molecule has 1 heterocycles. The Labute approximate surface area is 117 Å². The van der Waals surface area contributed by atoms with Crippen LogP contribution in [-0.2, 0) is 9.47 Å². The summed E-state index contributed by atoms with van der Waals surface area (Å²) in [4.78, 5) is 2.65. The SMILES string of the molecule is COC(CC(CN)N1CCCC1C1CCCC1)OC. The van der Waals surface area contributed by atoms with Crippen LogP contribution in [0.5, 0.6) is 0 Å². The molecule has 19 heavy (non-hydrogen) atoms. The number of hydrogen-bond acceptors (Lipinski definition) is 4. The average Bonchev–Trinajstić information content (AvgIpc) is 3.10. The molecule has 0 bridgehead atoms. The van der Waals surface area contributed by atoms with Gasteiger partial charge in [-0.25, -0.2) is 0 Å². The lowest BCUT2D eigenvalue weighted by molar-refractivity contribution is -0.118. The third-order valence-electron chi connectivity index (χ3n) is 5.02. The topological polar surface area (TPSA) is 47.7 Å². The molecule has 1 saturated carbocycles. The van der Waals surface area contributed by atoms with Crippen molar-refractivity contribution in [3.05, 3.63) is 0 Å². The van der Waals surface area contributed by atoms with Crippen molar-refractivity contribution in [1.82, 2.24) is 4.90 Å². The Kier molecular flexibility index (Phi) is 6.07. The molecule has 2 fully saturated rings. The van der Waals surface area contributed by atoms with Gasteiger partial charge < -0.3 is 15.2 Å². The molecular weight excluding hydrogens is 240 g/mol. The average molecular weight is 270 g/mol. The summed E-state index contributed by atoms with van der Waals surface area (Å²) in [6, 6.07) is 1.16. The summed E-state index contributed by atoms with van der Waals surface area (Å²) in [5.41, 5.74) is 6.02. The second-order valence-corrected chi connectivity index (χ2v) is 6.02. The lowest BCUT2D eigenvalue weighted by atomic mass is 9.94. The van der Waals surface area contributed by atoms with Crippen molar-refractivity contribution >= 4 is 0 Å². The summed E-state index contributed by atoms with van der Waals surface area (Å²) in [5, 5.41) is 0. The first kappa shape index (κ1) is 15.2. The molecule has 4 nitrogen and oxygen atoms in total. The summed E-state index contributed by atoms with van der Waals surface area (Å²) in [5.74, 6) is 0.903. The Bertz CT molecular complexity index is 253. The van der Waals surface area contributed by atoms with E-state index in [1.807, 2.05) is 0 Å². The first-order valence-electron chi connectivity index (χ1n) is 7.81. The van der Waals surface area contributed by atoms with Crippen LogP contribution in [0.3, 0.4) is 0 Å². The van der Waals surface area contributed by atoms with Crippen LogP contribution in [-0.4, -0.2) is 50.6 Å². The molecule has 2 rings (SSSR count). The van der Waals surface area contributed by atoms with Crippen molar-refractivity contribution < 1.29 is 9.47 Å². The molecule has 1 aliphatic carbocycles. The number of nitrogens with two attached hydrogens (primary N) is 1. The fourth-order valence-corrected chi connectivity index (χ4v) is 3.99. The lowest BCUT2D eigenvalue weighted by Gasteiger charge is -2.36. The quantitative estimate of drug-likeness (QED) is 0.719. The smallest absolute Gasteiger partial charge is 0.158 e. The molecule has 2 unspecified atom stereocenters. The van der Waals surface area contributed by atoms with Gasteiger partial charge >= 0.3 is 0 Å². The van der Waals surface area contributed by atoms with Crippen molar-refractivity contribution in [2.75, 3.05) is 27.3 Å². The fourth-order valence-electron chi connectivity index (χ4n) is 3.99. The highest BCUT2D eigenvalue weighted by molar-refractivity contribution is 4.91. The van der Waals surface area contributed by atoms with Gasteiger partial charge in [0.2, 0.25) is 0 Å². The third kappa shape index (κ3) is 3.69. The third-order valence-corrected chi connectivity index (χ3v) is 5.02. The van der Waals surface area contributed by atoms with Gasteiger partial charge in [-0.2, -0.15) is 0 Å². The van der Waals surface area contributed by atoms with E-state index in [0.717, 1.165) is 18.4 Å². The van der Waals surface area contributed by atoms with Crippen molar-refractivity contribution in [3.63, 3.8) is 0 Å². The highest BCUT2D eigenvalue weighted by Crippen LogP contribution is 2.36. The molecule has 0 aromatic rings. The maximum absolute atomic E-state index is 6.02. The highest BCUT2D eigenvalue weighted by atomic mass is 16.7. The predicted molar refractivity (Wildman–Crippen MR) is 77.0 cm³/mol. The molecule has 2 aliphatic rings. The van der Waals surface area contributed by atoms with Gasteiger partial charge in [0.15, 0.2) is 6.29 Å². The number of ether oxygens (including phenoxy) is 2. The summed E-state index contributed by atoms with van der Waals surface area (Å²) in [6.07, 6.45) is 9.09. The van der Waals surface area contributed by atoms with Crippen LogP contribution in [0.2, 0.25) is 0 Å². The van der Waals surface area contributed by atoms with Gasteiger partial charge in [-0.1, -0.05) is 12.8 Å². The van der Waals surface area contributed by atoms with Crippen LogP contribution in [0.4, 0.5) is 0 Å². The van der Waals surface area contributed by atoms with E-state index < -0.39 is 0 Å². The van der Waals surface area contributed by atoms with Crippen LogP contribution in [0.25, 0.3) is 0 Å². The standard InChI is InChI=1S/C15H30N2O2/c1-18-15(19-2)10-13(11-16)17-9-5-8-14(17)12-6-3-4-7-12/h12-15H,3-11,16H2,1-2H3. The number of hydrogen-bond donors (Lipinski definition) is 1. The van der Waals surface area contributed by atoms with E-state index in [9.17, 15) is 0 Å². The molecule has 2 N–H and O–H groups in total. The van der Waals surface area contributed by atoms with E-state index in [1.54, 1.807) is 14.2 Å². The summed E-state index contributed by atoms with van der Waals surface area (Å²) >= 11 is 0. The molecule has 0 spiro atoms. The summed E-state index contributed by atoms with van der Waals surface area (Å²) < 4.78 is 10.7. The summed E-state index contributed by atoms with van der Waals surface area (Å²) in [7, 11) is 3.42. The zero-order valence-corrected chi connectivity index (χ0v) is 12.5. The summed E-state index contributed by atoms with van der Waals surface area (Å²) in [6.45, 7) is 1.90. The number of rotatable bonds is 7. The van der Waals surface area contributed by atoms with E-state index in [4.69, 9.17) is 15.2 Å². The van der Waals surface area contributed by atoms with Crippen LogP contribution in [0, 0.1) is 5.92 Å². The van der Waals surface area contributed by atoms with E-state index in [0.29, 0.717) is 12.6 Å². The van der Waals surface area contributed by atoms with E-state index in [-0.39, 0.29) is 6.29 Å². The van der Waals surface area contributed by atoms with Gasteiger partial charge in [-0.15, -0.1) is 0 Å². The Morgan fingerprint density at radius 1 is 1.11 bits per heavy atom. The van der Waals surface area contributed by atoms with Crippen LogP contribution < -0.4 is 5.73 Å². The van der Waals surface area contributed by atoms with Gasteiger partial charge in [-0.05, 0) is 38.1 Å². The molecule has 0 aromatic carbocycles. The second kappa shape index (κ2) is 7.58. The largest absolute Gasteiger partial charge is 0.356 e. The minimum Gasteiger partial charge on any atom is -0.356 e. The van der Waals surface area contributed by atoms with Gasteiger partial charge in [0.05, 0.1) is 0 Å². The van der Waals surface area contributed by atoms with Gasteiger partial charge in [0, 0.05) is 39.3 Å². The lowest BCUT2D eigenvalue weighted by Crippen LogP contribution is -2.47. The zero-order valence-electron chi connectivity index (χ0n) is 12.5. The highest BCUT2D eigenvalue weighted by Gasteiger charge is 2.37. The molecule has 2 atom stereocenters. The normalized spacial score (nSPS) is 27.5. The molecule has 112 valence electrons. The molecule has 0 aromatic heterocycles. The number of methoxy groups -OCH3 is 2. The van der Waals surface area contributed by atoms with Crippen molar-refractivity contribution in [2.45, 2.75) is 63.3 Å². The molecular formula is C15H30N2O2. The first-order chi connectivity index (χ1) is 9.30. The van der Waals surface area contributed by atoms with Crippen LogP contribution in [0.15, 0.2) is 0 Å². The minimum absolute atomic E-state index is 0.127. The molecule has 4 heteroatoms. The van der Waals surface area contributed by atoms with Gasteiger partial charge in [0.1, 0.15) is 0 Å². The Hall–Kier alpha value is -0.160. The Balaban J connectivity index is 1.95. The van der Waals surface area contributed by atoms with Gasteiger partial charge in [-0.3, -0.25) is 4.90 Å². The van der Waals surface area contributed by atoms with Crippen molar-refractivity contribution in [2.24, 2.45) is 11.7 Å². The Morgan fingerprint density at radius 2 is 1.79 bits per heavy atom. The molecule has 0 amide bonds. The molecule has 1 saturated heterocycles. The predicted octanol–water partition coefficient (Wildman–Crippen LogP) is 1.98. The first-order valence-corrected chi connectivity index (χ1v) is 7.81. The maximum atomic E-state index is 6.02. The molecule has 0 radical (unpaired) electrons. The minimum atomic E-state index is -0.127. The number of nitrogens with zero attached hydrogens (tertiary/aromatic N) is 1. The van der Waals surface area contributed by atoms with Crippen LogP contribution in [0.1, 0.15) is 44.9 Å². The number of likely N-dealkylation sites (tertiary alicyclic amines) is 1. The van der Waals surface area contributed by atoms with Crippen molar-refractivity contribution in [3.8, 4) is 0 Å². The van der Waals surface area contributed by atoms with Crippen LogP contribution >= 0.6 is 0 Å². The fraction of sp³-hybridized carbons (Fsp3) is 1.00. The van der Waals surface area contributed by atoms with Crippen molar-refractivity contribution in [1.29, 1.82) is 0 Å². The second-order valence-electron chi connectivity index (χ2n) is 6.02. The van der Waals surface area contributed by atoms with E-state index >= 15 is 0 Å². The monoisotopic (exact) mass is 270 g/mol. The van der Waals surface area contributed by atoms with Gasteiger partial charge in [0.25, 0.3) is 0 Å². The zero-order chi connectivity index (χ0) is 13.7. The molecule has 1 aliphatic heterocycles. The maximum Gasteiger partial charge on any atom is 0.158 e. The van der Waals surface area contributed by atoms with E-state index in [2.05, 4.69) is 4.90 Å². The van der Waals surface area contributed by atoms with E-state index in [1.165, 1.54) is 45.1 Å².